The highest BCUT2D eigenvalue weighted by Gasteiger charge is 2.14. The molecule has 6 aromatic carbocycles. The van der Waals surface area contributed by atoms with E-state index in [0.717, 1.165) is 88.1 Å². The van der Waals surface area contributed by atoms with Crippen molar-refractivity contribution >= 4 is 76.5 Å². The normalized spacial score (nSPS) is 12.1. The summed E-state index contributed by atoms with van der Waals surface area (Å²) in [6.45, 7) is 0. The Kier molecular flexibility index (Phi) is 4.69. The van der Waals surface area contributed by atoms with Crippen molar-refractivity contribution in [3.63, 3.8) is 0 Å². The molecule has 4 nitrogen and oxygen atoms in total. The number of fused-ring (bicyclic) bond motifs is 10. The molecule has 10 aromatic rings. The average molecular weight is 563 g/mol. The van der Waals surface area contributed by atoms with Crippen LogP contribution in [-0.2, 0) is 0 Å². The standard InChI is InChI=1S/C40H22N2O2/c1-2-6-35-30(5-1)32-21-38-33(22-37(32)43-35)31-20-28(14-16-36(31)44-38)26-9-10-27-19-29(12-11-25(27)18-26)34-15-13-24-8-7-23-4-3-17-41-39(23)40(24)42-34/h1-22H. The molecular weight excluding hydrogens is 540 g/mol. The van der Waals surface area contributed by atoms with Gasteiger partial charge in [-0.05, 0) is 76.5 Å². The molecule has 4 heterocycles. The third-order valence-electron chi connectivity index (χ3n) is 8.87. The monoisotopic (exact) mass is 562 g/mol. The summed E-state index contributed by atoms with van der Waals surface area (Å²) >= 11 is 0. The lowest BCUT2D eigenvalue weighted by Crippen LogP contribution is -1.89. The summed E-state index contributed by atoms with van der Waals surface area (Å²) in [6.07, 6.45) is 1.83. The number of hydrogen-bond donors (Lipinski definition) is 0. The maximum Gasteiger partial charge on any atom is 0.136 e. The summed E-state index contributed by atoms with van der Waals surface area (Å²) in [5.74, 6) is 0. The van der Waals surface area contributed by atoms with Crippen LogP contribution in [0.3, 0.4) is 0 Å². The maximum absolute atomic E-state index is 6.29. The summed E-state index contributed by atoms with van der Waals surface area (Å²) in [4.78, 5) is 9.66. The third kappa shape index (κ3) is 3.45. The zero-order valence-electron chi connectivity index (χ0n) is 23.4. The molecule has 0 unspecified atom stereocenters. The highest BCUT2D eigenvalue weighted by atomic mass is 16.3. The Hall–Kier alpha value is -6.00. The van der Waals surface area contributed by atoms with Gasteiger partial charge in [-0.2, -0.15) is 0 Å². The first-order valence-corrected chi connectivity index (χ1v) is 14.7. The van der Waals surface area contributed by atoms with Gasteiger partial charge in [-0.15, -0.1) is 0 Å². The van der Waals surface area contributed by atoms with E-state index in [9.17, 15) is 0 Å². The van der Waals surface area contributed by atoms with Crippen LogP contribution in [0, 0.1) is 0 Å². The van der Waals surface area contributed by atoms with Crippen molar-refractivity contribution in [1.29, 1.82) is 0 Å². The van der Waals surface area contributed by atoms with Gasteiger partial charge in [0.2, 0.25) is 0 Å². The van der Waals surface area contributed by atoms with Crippen LogP contribution < -0.4 is 0 Å². The summed E-state index contributed by atoms with van der Waals surface area (Å²) in [6, 6.07) is 44.5. The van der Waals surface area contributed by atoms with Crippen LogP contribution in [0.15, 0.2) is 142 Å². The lowest BCUT2D eigenvalue weighted by Gasteiger charge is -2.08. The summed E-state index contributed by atoms with van der Waals surface area (Å²) in [5, 5.41) is 8.86. The van der Waals surface area contributed by atoms with Gasteiger partial charge in [0.05, 0.1) is 16.7 Å². The quantitative estimate of drug-likeness (QED) is 0.197. The molecule has 0 amide bonds. The van der Waals surface area contributed by atoms with Gasteiger partial charge in [0.1, 0.15) is 22.3 Å². The fourth-order valence-corrected chi connectivity index (χ4v) is 6.64. The van der Waals surface area contributed by atoms with E-state index in [0.29, 0.717) is 0 Å². The Labute approximate surface area is 250 Å². The molecule has 10 rings (SSSR count). The second kappa shape index (κ2) is 8.76. The van der Waals surface area contributed by atoms with Gasteiger partial charge < -0.3 is 8.83 Å². The SMILES string of the molecule is c1cnc2c(c1)ccc1ccc(-c3ccc4cc(-c5ccc6oc7cc8c(cc7c6c5)oc5ccccc58)ccc4c3)nc12. The number of rotatable bonds is 2. The Morgan fingerprint density at radius 1 is 0.386 bits per heavy atom. The van der Waals surface area contributed by atoms with Crippen LogP contribution >= 0.6 is 0 Å². The lowest BCUT2D eigenvalue weighted by atomic mass is 9.98. The van der Waals surface area contributed by atoms with Crippen molar-refractivity contribution in [2.45, 2.75) is 0 Å². The van der Waals surface area contributed by atoms with Gasteiger partial charge in [-0.25, -0.2) is 4.98 Å². The van der Waals surface area contributed by atoms with E-state index >= 15 is 0 Å². The van der Waals surface area contributed by atoms with Gasteiger partial charge in [0.15, 0.2) is 0 Å². The summed E-state index contributed by atoms with van der Waals surface area (Å²) in [5.41, 5.74) is 9.70. The molecule has 0 saturated carbocycles. The minimum Gasteiger partial charge on any atom is -0.456 e. The van der Waals surface area contributed by atoms with Crippen molar-refractivity contribution in [2.24, 2.45) is 0 Å². The van der Waals surface area contributed by atoms with Crippen molar-refractivity contribution in [1.82, 2.24) is 9.97 Å². The topological polar surface area (TPSA) is 52.1 Å². The molecule has 0 spiro atoms. The molecule has 0 aliphatic rings. The molecule has 4 aromatic heterocycles. The Morgan fingerprint density at radius 2 is 1.00 bits per heavy atom. The van der Waals surface area contributed by atoms with Gasteiger partial charge >= 0.3 is 0 Å². The molecule has 0 saturated heterocycles. The summed E-state index contributed by atoms with van der Waals surface area (Å²) in [7, 11) is 0. The second-order valence-corrected chi connectivity index (χ2v) is 11.4. The Morgan fingerprint density at radius 3 is 1.86 bits per heavy atom. The molecular formula is C40H22N2O2. The van der Waals surface area contributed by atoms with E-state index in [1.807, 2.05) is 30.5 Å². The predicted molar refractivity (Wildman–Crippen MR) is 180 cm³/mol. The first kappa shape index (κ1) is 23.6. The van der Waals surface area contributed by atoms with E-state index < -0.39 is 0 Å². The molecule has 0 radical (unpaired) electrons. The molecule has 44 heavy (non-hydrogen) atoms. The fraction of sp³-hybridized carbons (Fsp3) is 0. The van der Waals surface area contributed by atoms with Gasteiger partial charge in [-0.3, -0.25) is 4.98 Å². The largest absolute Gasteiger partial charge is 0.456 e. The van der Waals surface area contributed by atoms with Gasteiger partial charge in [0.25, 0.3) is 0 Å². The van der Waals surface area contributed by atoms with Crippen molar-refractivity contribution in [3.05, 3.63) is 134 Å². The number of furan rings is 2. The number of aromatic nitrogens is 2. The van der Waals surface area contributed by atoms with Crippen molar-refractivity contribution in [2.75, 3.05) is 0 Å². The number of benzene rings is 6. The van der Waals surface area contributed by atoms with Crippen LogP contribution in [0.25, 0.3) is 98.8 Å². The molecule has 204 valence electrons. The minimum absolute atomic E-state index is 0.869. The van der Waals surface area contributed by atoms with Crippen LogP contribution in [0.5, 0.6) is 0 Å². The number of hydrogen-bond acceptors (Lipinski definition) is 4. The minimum atomic E-state index is 0.869. The molecule has 0 aliphatic carbocycles. The fourth-order valence-electron chi connectivity index (χ4n) is 6.64. The maximum atomic E-state index is 6.29. The molecule has 4 heteroatoms. The van der Waals surface area contributed by atoms with Crippen molar-refractivity contribution in [3.8, 4) is 22.4 Å². The van der Waals surface area contributed by atoms with Crippen LogP contribution in [0.1, 0.15) is 0 Å². The second-order valence-electron chi connectivity index (χ2n) is 11.4. The molecule has 0 bridgehead atoms. The first-order valence-electron chi connectivity index (χ1n) is 14.7. The van der Waals surface area contributed by atoms with E-state index in [1.165, 1.54) is 10.8 Å². The van der Waals surface area contributed by atoms with Gasteiger partial charge in [-0.1, -0.05) is 72.8 Å². The zero-order chi connectivity index (χ0) is 28.8. The average Bonchev–Trinajstić information content (AvgIpc) is 3.63. The van der Waals surface area contributed by atoms with Gasteiger partial charge in [0, 0.05) is 44.1 Å². The van der Waals surface area contributed by atoms with Crippen LogP contribution in [-0.4, -0.2) is 9.97 Å². The predicted octanol–water partition coefficient (Wildman–Crippen LogP) is 11.1. The highest BCUT2D eigenvalue weighted by Crippen LogP contribution is 2.38. The lowest BCUT2D eigenvalue weighted by molar-refractivity contribution is 0.664. The smallest absolute Gasteiger partial charge is 0.136 e. The highest BCUT2D eigenvalue weighted by molar-refractivity contribution is 6.15. The van der Waals surface area contributed by atoms with Crippen molar-refractivity contribution < 1.29 is 8.83 Å². The third-order valence-corrected chi connectivity index (χ3v) is 8.87. The van der Waals surface area contributed by atoms with Crippen LogP contribution in [0.4, 0.5) is 0 Å². The first-order chi connectivity index (χ1) is 21.7. The molecule has 0 atom stereocenters. The number of nitrogens with zero attached hydrogens (tertiary/aromatic N) is 2. The zero-order valence-corrected chi connectivity index (χ0v) is 23.4. The van der Waals surface area contributed by atoms with E-state index in [-0.39, 0.29) is 0 Å². The number of para-hydroxylation sites is 1. The molecule has 0 aliphatic heterocycles. The molecule has 0 fully saturated rings. The number of pyridine rings is 2. The van der Waals surface area contributed by atoms with E-state index in [1.54, 1.807) is 0 Å². The van der Waals surface area contributed by atoms with E-state index in [2.05, 4.69) is 108 Å². The van der Waals surface area contributed by atoms with E-state index in [4.69, 9.17) is 13.8 Å². The Bertz CT molecular complexity index is 2790. The Balaban J connectivity index is 1.06. The summed E-state index contributed by atoms with van der Waals surface area (Å²) < 4.78 is 12.5. The molecule has 0 N–H and O–H groups in total. The van der Waals surface area contributed by atoms with Crippen LogP contribution in [0.2, 0.25) is 0 Å².